The van der Waals surface area contributed by atoms with Gasteiger partial charge in [-0.05, 0) is 30.0 Å². The normalized spacial score (nSPS) is 15.0. The van der Waals surface area contributed by atoms with Gasteiger partial charge in [-0.1, -0.05) is 32.4 Å². The molecule has 0 aliphatic heterocycles. The second-order valence-electron chi connectivity index (χ2n) is 8.77. The summed E-state index contributed by atoms with van der Waals surface area (Å²) in [6, 6.07) is 1.27. The number of phenols is 1. The average Bonchev–Trinajstić information content (AvgIpc) is 3.38. The first kappa shape index (κ1) is 29.3. The van der Waals surface area contributed by atoms with Gasteiger partial charge in [0.2, 0.25) is 17.7 Å². The van der Waals surface area contributed by atoms with Crippen molar-refractivity contribution in [3.63, 3.8) is 0 Å². The highest BCUT2D eigenvalue weighted by Gasteiger charge is 2.32. The Labute approximate surface area is 213 Å². The zero-order chi connectivity index (χ0) is 27.5. The standard InChI is InChI=1S/C24H34N6O7/c1-3-13(2)20(23(35)28-18(24(36)37)9-15-10-26-12-27-15)30-22(34)19(11-31)29-21(33)17(25)8-14-4-6-16(32)7-5-14/h4-7,10,12-13,17-20,31-32H,3,8-9,11,25H2,1-2H3,(H,26,27)(H,28,35)(H,29,33)(H,30,34)(H,36,37). The number of carboxylic acid groups (broad SMARTS) is 1. The van der Waals surface area contributed by atoms with Crippen LogP contribution in [0.3, 0.4) is 0 Å². The van der Waals surface area contributed by atoms with Crippen molar-refractivity contribution in [3.8, 4) is 5.75 Å². The summed E-state index contributed by atoms with van der Waals surface area (Å²) in [6.07, 6.45) is 3.38. The van der Waals surface area contributed by atoms with Crippen molar-refractivity contribution in [2.24, 2.45) is 11.7 Å². The SMILES string of the molecule is CCC(C)C(NC(=O)C(CO)NC(=O)C(N)Cc1ccc(O)cc1)C(=O)NC(Cc1cnc[nH]1)C(=O)O. The van der Waals surface area contributed by atoms with E-state index in [4.69, 9.17) is 5.73 Å². The van der Waals surface area contributed by atoms with Crippen molar-refractivity contribution in [1.29, 1.82) is 0 Å². The van der Waals surface area contributed by atoms with Crippen LogP contribution in [0, 0.1) is 5.92 Å². The molecule has 202 valence electrons. The highest BCUT2D eigenvalue weighted by molar-refractivity contribution is 5.94. The Hall–Kier alpha value is -3.97. The van der Waals surface area contributed by atoms with Gasteiger partial charge in [-0.3, -0.25) is 14.4 Å². The Balaban J connectivity index is 2.04. The summed E-state index contributed by atoms with van der Waals surface area (Å²) in [4.78, 5) is 56.7. The third-order valence-corrected chi connectivity index (χ3v) is 5.93. The number of aromatic hydroxyl groups is 1. The van der Waals surface area contributed by atoms with Crippen molar-refractivity contribution in [1.82, 2.24) is 25.9 Å². The number of benzene rings is 1. The number of hydrogen-bond acceptors (Lipinski definition) is 8. The molecule has 1 aromatic carbocycles. The summed E-state index contributed by atoms with van der Waals surface area (Å²) in [5.41, 5.74) is 7.12. The molecule has 1 aromatic heterocycles. The van der Waals surface area contributed by atoms with E-state index in [0.29, 0.717) is 17.7 Å². The first-order valence-electron chi connectivity index (χ1n) is 11.8. The van der Waals surface area contributed by atoms with Crippen LogP contribution in [0.1, 0.15) is 31.5 Å². The molecule has 13 nitrogen and oxygen atoms in total. The van der Waals surface area contributed by atoms with Crippen LogP contribution in [0.5, 0.6) is 5.75 Å². The Morgan fingerprint density at radius 2 is 1.65 bits per heavy atom. The minimum atomic E-state index is -1.39. The number of aromatic nitrogens is 2. The molecule has 0 saturated heterocycles. The van der Waals surface area contributed by atoms with Crippen molar-refractivity contribution >= 4 is 23.7 Å². The lowest BCUT2D eigenvalue weighted by Gasteiger charge is -2.27. The number of carbonyl (C=O) groups is 4. The number of H-pyrrole nitrogens is 1. The fourth-order valence-corrected chi connectivity index (χ4v) is 3.49. The maximum Gasteiger partial charge on any atom is 0.326 e. The molecule has 0 fully saturated rings. The smallest absolute Gasteiger partial charge is 0.326 e. The summed E-state index contributed by atoms with van der Waals surface area (Å²) in [7, 11) is 0. The first-order valence-corrected chi connectivity index (χ1v) is 11.8. The molecule has 0 aliphatic rings. The fourth-order valence-electron chi connectivity index (χ4n) is 3.49. The molecule has 9 N–H and O–H groups in total. The number of nitrogens with zero attached hydrogens (tertiary/aromatic N) is 1. The van der Waals surface area contributed by atoms with E-state index in [1.54, 1.807) is 26.0 Å². The van der Waals surface area contributed by atoms with Gasteiger partial charge < -0.3 is 42.0 Å². The van der Waals surface area contributed by atoms with Crippen molar-refractivity contribution in [3.05, 3.63) is 48.0 Å². The number of nitrogens with one attached hydrogen (secondary N) is 4. The van der Waals surface area contributed by atoms with E-state index in [2.05, 4.69) is 25.9 Å². The topological polar surface area (TPSA) is 220 Å². The molecule has 2 rings (SSSR count). The number of aliphatic carboxylic acids is 1. The number of nitrogens with two attached hydrogens (primary N) is 1. The van der Waals surface area contributed by atoms with Crippen LogP contribution < -0.4 is 21.7 Å². The number of aliphatic hydroxyl groups excluding tert-OH is 1. The molecule has 5 atom stereocenters. The Bertz CT molecular complexity index is 1040. The third kappa shape index (κ3) is 8.88. The second kappa shape index (κ2) is 13.9. The van der Waals surface area contributed by atoms with Crippen LogP contribution in [0.2, 0.25) is 0 Å². The molecule has 13 heteroatoms. The number of aliphatic hydroxyl groups is 1. The molecule has 0 spiro atoms. The number of carbonyl (C=O) groups excluding carboxylic acids is 3. The summed E-state index contributed by atoms with van der Waals surface area (Å²) < 4.78 is 0. The van der Waals surface area contributed by atoms with E-state index in [-0.39, 0.29) is 18.6 Å². The molecule has 1 heterocycles. The largest absolute Gasteiger partial charge is 0.508 e. The number of carboxylic acids is 1. The molecule has 5 unspecified atom stereocenters. The van der Waals surface area contributed by atoms with E-state index < -0.39 is 60.4 Å². The third-order valence-electron chi connectivity index (χ3n) is 5.93. The minimum Gasteiger partial charge on any atom is -0.508 e. The van der Waals surface area contributed by atoms with Crippen LogP contribution in [0.25, 0.3) is 0 Å². The Morgan fingerprint density at radius 3 is 2.19 bits per heavy atom. The zero-order valence-corrected chi connectivity index (χ0v) is 20.7. The van der Waals surface area contributed by atoms with Gasteiger partial charge in [0.1, 0.15) is 23.9 Å². The number of imidazole rings is 1. The molecular formula is C24H34N6O7. The van der Waals surface area contributed by atoms with E-state index in [0.717, 1.165) is 0 Å². The highest BCUT2D eigenvalue weighted by Crippen LogP contribution is 2.12. The number of hydrogen-bond donors (Lipinski definition) is 8. The monoisotopic (exact) mass is 518 g/mol. The van der Waals surface area contributed by atoms with Crippen LogP contribution in [-0.2, 0) is 32.0 Å². The van der Waals surface area contributed by atoms with Gasteiger partial charge in [-0.2, -0.15) is 0 Å². The molecule has 0 aliphatic carbocycles. The molecule has 2 aromatic rings. The van der Waals surface area contributed by atoms with Gasteiger partial charge in [0, 0.05) is 18.3 Å². The number of rotatable bonds is 14. The zero-order valence-electron chi connectivity index (χ0n) is 20.7. The molecule has 0 bridgehead atoms. The van der Waals surface area contributed by atoms with Crippen molar-refractivity contribution in [2.45, 2.75) is 57.3 Å². The van der Waals surface area contributed by atoms with Gasteiger partial charge in [0.25, 0.3) is 0 Å². The lowest BCUT2D eigenvalue weighted by molar-refractivity contribution is -0.142. The average molecular weight is 519 g/mol. The maximum atomic E-state index is 13.0. The van der Waals surface area contributed by atoms with Crippen molar-refractivity contribution in [2.75, 3.05) is 6.61 Å². The predicted octanol–water partition coefficient (Wildman–Crippen LogP) is -1.19. The van der Waals surface area contributed by atoms with Crippen LogP contribution in [-0.4, -0.2) is 79.8 Å². The van der Waals surface area contributed by atoms with E-state index in [1.807, 2.05) is 0 Å². The molecule has 3 amide bonds. The predicted molar refractivity (Wildman–Crippen MR) is 132 cm³/mol. The maximum absolute atomic E-state index is 13.0. The quantitative estimate of drug-likeness (QED) is 0.150. The Morgan fingerprint density at radius 1 is 1.00 bits per heavy atom. The van der Waals surface area contributed by atoms with Gasteiger partial charge in [-0.15, -0.1) is 0 Å². The van der Waals surface area contributed by atoms with E-state index >= 15 is 0 Å². The Kier molecular flexibility index (Phi) is 11.0. The second-order valence-corrected chi connectivity index (χ2v) is 8.77. The van der Waals surface area contributed by atoms with Crippen LogP contribution in [0.15, 0.2) is 36.8 Å². The van der Waals surface area contributed by atoms with Gasteiger partial charge in [0.15, 0.2) is 0 Å². The number of phenolic OH excluding ortho intramolecular Hbond substituents is 1. The van der Waals surface area contributed by atoms with Crippen molar-refractivity contribution < 1.29 is 34.5 Å². The first-order chi connectivity index (χ1) is 17.5. The molecule has 0 radical (unpaired) electrons. The fraction of sp³-hybridized carbons (Fsp3) is 0.458. The van der Waals surface area contributed by atoms with E-state index in [1.165, 1.54) is 24.7 Å². The minimum absolute atomic E-state index is 0.0452. The summed E-state index contributed by atoms with van der Waals surface area (Å²) in [6.45, 7) is 2.75. The summed E-state index contributed by atoms with van der Waals surface area (Å²) in [5, 5.41) is 36.0. The summed E-state index contributed by atoms with van der Waals surface area (Å²) >= 11 is 0. The molecular weight excluding hydrogens is 484 g/mol. The lowest BCUT2D eigenvalue weighted by Crippen LogP contribution is -2.59. The van der Waals surface area contributed by atoms with Gasteiger partial charge in [-0.25, -0.2) is 9.78 Å². The van der Waals surface area contributed by atoms with E-state index in [9.17, 15) is 34.5 Å². The van der Waals surface area contributed by atoms with Gasteiger partial charge >= 0.3 is 5.97 Å². The lowest BCUT2D eigenvalue weighted by atomic mass is 9.97. The highest BCUT2D eigenvalue weighted by atomic mass is 16.4. The summed E-state index contributed by atoms with van der Waals surface area (Å²) in [5.74, 6) is -3.83. The number of aromatic amines is 1. The molecule has 0 saturated carbocycles. The van der Waals surface area contributed by atoms with Crippen LogP contribution in [0.4, 0.5) is 0 Å². The van der Waals surface area contributed by atoms with Crippen LogP contribution >= 0.6 is 0 Å². The molecule has 37 heavy (non-hydrogen) atoms. The van der Waals surface area contributed by atoms with Gasteiger partial charge in [0.05, 0.1) is 19.0 Å². The number of amides is 3.